The van der Waals surface area contributed by atoms with Crippen LogP contribution >= 0.6 is 39.1 Å². The summed E-state index contributed by atoms with van der Waals surface area (Å²) in [5, 5.41) is 4.22. The Kier molecular flexibility index (Phi) is 5.86. The molecule has 0 saturated heterocycles. The van der Waals surface area contributed by atoms with Crippen molar-refractivity contribution in [2.45, 2.75) is 0 Å². The molecule has 6 nitrogen and oxygen atoms in total. The van der Waals surface area contributed by atoms with Crippen LogP contribution in [0.25, 0.3) is 10.9 Å². The molecule has 1 heterocycles. The monoisotopic (exact) mass is 474 g/mol. The van der Waals surface area contributed by atoms with Crippen molar-refractivity contribution in [2.24, 2.45) is 0 Å². The minimum Gasteiger partial charge on any atom is -0.368 e. The van der Waals surface area contributed by atoms with Crippen LogP contribution in [0.3, 0.4) is 0 Å². The maximum atomic E-state index is 12.2. The Morgan fingerprint density at radius 2 is 1.81 bits per heavy atom. The summed E-state index contributed by atoms with van der Waals surface area (Å²) in [6.07, 6.45) is 0. The van der Waals surface area contributed by atoms with Crippen molar-refractivity contribution >= 4 is 71.6 Å². The molecule has 136 valence electrons. The first kappa shape index (κ1) is 19.2. The number of halogens is 3. The average molecular weight is 476 g/mol. The van der Waals surface area contributed by atoms with Crippen LogP contribution in [0.15, 0.2) is 46.9 Å². The van der Waals surface area contributed by atoms with Gasteiger partial charge in [0.15, 0.2) is 0 Å². The predicted molar refractivity (Wildman–Crippen MR) is 110 cm³/mol. The molecule has 0 unspecified atom stereocenters. The average Bonchev–Trinajstić information content (AvgIpc) is 2.57. The van der Waals surface area contributed by atoms with Crippen LogP contribution in [0, 0.1) is 0 Å². The summed E-state index contributed by atoms with van der Waals surface area (Å²) < 4.78 is 27.6. The van der Waals surface area contributed by atoms with E-state index in [-0.39, 0.29) is 17.6 Å². The van der Waals surface area contributed by atoms with E-state index in [2.05, 4.69) is 35.9 Å². The van der Waals surface area contributed by atoms with E-state index in [4.69, 9.17) is 23.2 Å². The lowest BCUT2D eigenvalue weighted by Crippen LogP contribution is -2.22. The Morgan fingerprint density at radius 3 is 2.54 bits per heavy atom. The topological polar surface area (TPSA) is 84.0 Å². The highest BCUT2D eigenvalue weighted by atomic mass is 79.9. The fourth-order valence-corrected chi connectivity index (χ4v) is 3.92. The largest absolute Gasteiger partial charge is 0.368 e. The number of nitrogens with one attached hydrogen (secondary N) is 2. The minimum atomic E-state index is -3.50. The Bertz CT molecular complexity index is 1050. The van der Waals surface area contributed by atoms with Gasteiger partial charge in [-0.15, -0.1) is 0 Å². The van der Waals surface area contributed by atoms with Gasteiger partial charge in [0, 0.05) is 22.1 Å². The van der Waals surface area contributed by atoms with E-state index in [0.29, 0.717) is 31.9 Å². The molecule has 0 aliphatic heterocycles. The molecule has 3 aromatic rings. The number of hydrogen-bond donors (Lipinski definition) is 2. The van der Waals surface area contributed by atoms with E-state index < -0.39 is 10.0 Å². The van der Waals surface area contributed by atoms with Crippen molar-refractivity contribution in [2.75, 3.05) is 22.3 Å². The molecule has 0 spiro atoms. The molecule has 0 radical (unpaired) electrons. The number of anilines is 2. The lowest BCUT2D eigenvalue weighted by Gasteiger charge is -2.11. The molecule has 10 heteroatoms. The zero-order valence-electron chi connectivity index (χ0n) is 13.2. The van der Waals surface area contributed by atoms with Crippen LogP contribution in [-0.2, 0) is 10.0 Å². The van der Waals surface area contributed by atoms with Gasteiger partial charge in [0.25, 0.3) is 0 Å². The maximum absolute atomic E-state index is 12.2. The fourth-order valence-electron chi connectivity index (χ4n) is 2.27. The Labute approximate surface area is 169 Å². The Balaban J connectivity index is 1.74. The molecule has 1 aromatic heterocycles. The Hall–Kier alpha value is -1.61. The quantitative estimate of drug-likeness (QED) is 0.510. The summed E-state index contributed by atoms with van der Waals surface area (Å²) in [6.45, 7) is 0.144. The fraction of sp³-hybridized carbons (Fsp3) is 0.125. The number of rotatable bonds is 6. The number of aromatic nitrogens is 2. The van der Waals surface area contributed by atoms with Gasteiger partial charge in [-0.2, -0.15) is 0 Å². The van der Waals surface area contributed by atoms with E-state index in [0.717, 1.165) is 0 Å². The molecule has 0 atom stereocenters. The summed E-state index contributed by atoms with van der Waals surface area (Å²) >= 11 is 15.4. The first-order valence-electron chi connectivity index (χ1n) is 7.46. The van der Waals surface area contributed by atoms with Crippen molar-refractivity contribution in [3.8, 4) is 0 Å². The van der Waals surface area contributed by atoms with Crippen molar-refractivity contribution in [3.63, 3.8) is 0 Å². The number of para-hydroxylation sites is 1. The third kappa shape index (κ3) is 4.76. The van der Waals surface area contributed by atoms with Gasteiger partial charge in [-0.3, -0.25) is 4.72 Å². The second-order valence-corrected chi connectivity index (χ2v) is 8.78. The standard InChI is InChI=1S/C16H13BrCl2N4O2S/c17-12-8-11-14(9-13(12)18)21-16(19)22-15(11)20-6-7-26(24,25)23-10-4-2-1-3-5-10/h1-5,8-9,23H,6-7H2,(H,20,21,22). The molecule has 0 amide bonds. The van der Waals surface area contributed by atoms with Gasteiger partial charge >= 0.3 is 0 Å². The first-order valence-corrected chi connectivity index (χ1v) is 10.7. The van der Waals surface area contributed by atoms with Gasteiger partial charge in [-0.25, -0.2) is 18.4 Å². The van der Waals surface area contributed by atoms with Gasteiger partial charge in [0.1, 0.15) is 5.82 Å². The number of nitrogens with zero attached hydrogens (tertiary/aromatic N) is 2. The predicted octanol–water partition coefficient (Wildman–Crippen LogP) is 4.55. The lowest BCUT2D eigenvalue weighted by atomic mass is 10.2. The lowest BCUT2D eigenvalue weighted by molar-refractivity contribution is 0.601. The molecule has 0 bridgehead atoms. The van der Waals surface area contributed by atoms with Crippen molar-refractivity contribution < 1.29 is 8.42 Å². The van der Waals surface area contributed by atoms with Crippen LogP contribution in [0.4, 0.5) is 11.5 Å². The SMILES string of the molecule is O=S(=O)(CCNc1nc(Cl)nc2cc(Cl)c(Br)cc12)Nc1ccccc1. The molecule has 0 fully saturated rings. The summed E-state index contributed by atoms with van der Waals surface area (Å²) in [4.78, 5) is 8.27. The number of sulfonamides is 1. The third-order valence-corrected chi connectivity index (χ3v) is 6.08. The maximum Gasteiger partial charge on any atom is 0.234 e. The smallest absolute Gasteiger partial charge is 0.234 e. The summed E-state index contributed by atoms with van der Waals surface area (Å²) in [7, 11) is -3.50. The van der Waals surface area contributed by atoms with Crippen molar-refractivity contribution in [1.82, 2.24) is 9.97 Å². The zero-order valence-corrected chi connectivity index (χ0v) is 17.1. The third-order valence-electron chi connectivity index (χ3n) is 3.42. The molecule has 0 aliphatic carbocycles. The zero-order chi connectivity index (χ0) is 18.7. The van der Waals surface area contributed by atoms with Crippen LogP contribution in [0.5, 0.6) is 0 Å². The molecule has 0 aliphatic rings. The molecule has 3 rings (SSSR count). The minimum absolute atomic E-state index is 0.0451. The van der Waals surface area contributed by atoms with Crippen LogP contribution in [0.2, 0.25) is 10.3 Å². The highest BCUT2D eigenvalue weighted by Crippen LogP contribution is 2.31. The van der Waals surface area contributed by atoms with E-state index >= 15 is 0 Å². The summed E-state index contributed by atoms with van der Waals surface area (Å²) in [5.74, 6) is 0.298. The van der Waals surface area contributed by atoms with Crippen LogP contribution in [0.1, 0.15) is 0 Å². The number of fused-ring (bicyclic) bond motifs is 1. The van der Waals surface area contributed by atoms with E-state index in [1.165, 1.54) is 0 Å². The van der Waals surface area contributed by atoms with Gasteiger partial charge in [-0.1, -0.05) is 29.8 Å². The summed E-state index contributed by atoms with van der Waals surface area (Å²) in [5.41, 5.74) is 1.08. The molecular formula is C16H13BrCl2N4O2S. The highest BCUT2D eigenvalue weighted by Gasteiger charge is 2.13. The van der Waals surface area contributed by atoms with E-state index in [1.54, 1.807) is 36.4 Å². The normalized spacial score (nSPS) is 11.5. The first-order chi connectivity index (χ1) is 12.3. The van der Waals surface area contributed by atoms with E-state index in [1.807, 2.05) is 6.07 Å². The van der Waals surface area contributed by atoms with Gasteiger partial charge < -0.3 is 5.32 Å². The molecule has 0 saturated carbocycles. The number of benzene rings is 2. The highest BCUT2D eigenvalue weighted by molar-refractivity contribution is 9.10. The van der Waals surface area contributed by atoms with Gasteiger partial charge in [-0.05, 0) is 51.8 Å². The molecule has 2 N–H and O–H groups in total. The second kappa shape index (κ2) is 7.96. The van der Waals surface area contributed by atoms with Crippen molar-refractivity contribution in [3.05, 3.63) is 57.2 Å². The molecule has 2 aromatic carbocycles. The van der Waals surface area contributed by atoms with Crippen LogP contribution < -0.4 is 10.0 Å². The number of hydrogen-bond acceptors (Lipinski definition) is 5. The second-order valence-electron chi connectivity index (χ2n) is 5.34. The summed E-state index contributed by atoms with van der Waals surface area (Å²) in [6, 6.07) is 12.1. The Morgan fingerprint density at radius 1 is 1.08 bits per heavy atom. The van der Waals surface area contributed by atoms with Crippen LogP contribution in [-0.4, -0.2) is 30.7 Å². The van der Waals surface area contributed by atoms with Gasteiger partial charge in [0.05, 0.1) is 16.3 Å². The van der Waals surface area contributed by atoms with Crippen molar-refractivity contribution in [1.29, 1.82) is 0 Å². The molecule has 26 heavy (non-hydrogen) atoms. The molecular weight excluding hydrogens is 463 g/mol. The van der Waals surface area contributed by atoms with Gasteiger partial charge in [0.2, 0.25) is 15.3 Å². The van der Waals surface area contributed by atoms with E-state index in [9.17, 15) is 8.42 Å².